The van der Waals surface area contributed by atoms with Crippen molar-refractivity contribution >= 4 is 6.09 Å². The summed E-state index contributed by atoms with van der Waals surface area (Å²) in [5, 5.41) is 30.4. The molecule has 2 aliphatic rings. The van der Waals surface area contributed by atoms with Gasteiger partial charge in [-0.3, -0.25) is 4.90 Å². The molecule has 7 heteroatoms. The van der Waals surface area contributed by atoms with Crippen LogP contribution < -0.4 is 4.74 Å². The number of aliphatic hydroxyl groups is 2. The van der Waals surface area contributed by atoms with Crippen LogP contribution in [0.4, 0.5) is 4.79 Å². The maximum Gasteiger partial charge on any atom is 0.407 e. The minimum atomic E-state index is -0.988. The zero-order valence-corrected chi connectivity index (χ0v) is 15.9. The molecule has 0 saturated carbocycles. The van der Waals surface area contributed by atoms with Crippen molar-refractivity contribution in [3.8, 4) is 5.75 Å². The molecule has 1 unspecified atom stereocenters. The number of piperidine rings is 2. The van der Waals surface area contributed by atoms with Crippen molar-refractivity contribution in [2.24, 2.45) is 0 Å². The van der Waals surface area contributed by atoms with Gasteiger partial charge in [-0.05, 0) is 49.3 Å². The standard InChI is InChI=1S/C20H30N2O5/c1-27-17-4-2-15(3-5-17)16-6-10-21(11-7-16)18(23)14-20(26)8-12-22(13-9-20)19(24)25/h2-5,16,18,23,26H,6-14H2,1H3,(H,24,25). The molecular formula is C20H30N2O5. The molecule has 0 aromatic heterocycles. The lowest BCUT2D eigenvalue weighted by atomic mass is 9.86. The Kier molecular flexibility index (Phi) is 6.24. The Bertz CT molecular complexity index is 620. The van der Waals surface area contributed by atoms with Gasteiger partial charge in [0, 0.05) is 32.6 Å². The summed E-state index contributed by atoms with van der Waals surface area (Å²) in [7, 11) is 1.66. The maximum atomic E-state index is 11.0. The Morgan fingerprint density at radius 1 is 1.19 bits per heavy atom. The summed E-state index contributed by atoms with van der Waals surface area (Å²) in [6.07, 6.45) is 1.32. The Morgan fingerprint density at radius 2 is 1.78 bits per heavy atom. The number of nitrogens with zero attached hydrogens (tertiary/aromatic N) is 2. The number of benzene rings is 1. The second-order valence-electron chi connectivity index (χ2n) is 7.76. The van der Waals surface area contributed by atoms with Gasteiger partial charge in [0.1, 0.15) is 12.0 Å². The van der Waals surface area contributed by atoms with Gasteiger partial charge in [0.05, 0.1) is 12.7 Å². The molecule has 0 radical (unpaired) electrons. The first kappa shape index (κ1) is 19.9. The quantitative estimate of drug-likeness (QED) is 0.726. The van der Waals surface area contributed by atoms with E-state index in [1.165, 1.54) is 10.5 Å². The molecule has 1 atom stereocenters. The molecule has 0 spiro atoms. The largest absolute Gasteiger partial charge is 0.497 e. The fraction of sp³-hybridized carbons (Fsp3) is 0.650. The van der Waals surface area contributed by atoms with Gasteiger partial charge in [-0.1, -0.05) is 12.1 Å². The van der Waals surface area contributed by atoms with Crippen molar-refractivity contribution in [2.75, 3.05) is 33.3 Å². The minimum absolute atomic E-state index is 0.271. The number of ether oxygens (including phenoxy) is 1. The van der Waals surface area contributed by atoms with Crippen molar-refractivity contribution < 1.29 is 24.9 Å². The lowest BCUT2D eigenvalue weighted by Crippen LogP contribution is -2.51. The molecule has 0 bridgehead atoms. The van der Waals surface area contributed by atoms with Gasteiger partial charge in [-0.15, -0.1) is 0 Å². The summed E-state index contributed by atoms with van der Waals surface area (Å²) >= 11 is 0. The number of hydrogen-bond donors (Lipinski definition) is 3. The van der Waals surface area contributed by atoms with E-state index >= 15 is 0 Å². The van der Waals surface area contributed by atoms with E-state index in [2.05, 4.69) is 12.1 Å². The summed E-state index contributed by atoms with van der Waals surface area (Å²) in [5.41, 5.74) is 0.308. The Balaban J connectivity index is 1.48. The van der Waals surface area contributed by atoms with E-state index in [1.807, 2.05) is 17.0 Å². The van der Waals surface area contributed by atoms with Gasteiger partial charge in [-0.25, -0.2) is 4.79 Å². The summed E-state index contributed by atoms with van der Waals surface area (Å²) in [6.45, 7) is 2.21. The summed E-state index contributed by atoms with van der Waals surface area (Å²) < 4.78 is 5.21. The second kappa shape index (κ2) is 8.46. The maximum absolute atomic E-state index is 11.0. The predicted molar refractivity (Wildman–Crippen MR) is 101 cm³/mol. The average Bonchev–Trinajstić information content (AvgIpc) is 2.68. The third-order valence-electron chi connectivity index (χ3n) is 6.07. The zero-order valence-electron chi connectivity index (χ0n) is 15.9. The highest BCUT2D eigenvalue weighted by molar-refractivity contribution is 5.65. The van der Waals surface area contributed by atoms with Crippen LogP contribution in [0.25, 0.3) is 0 Å². The molecule has 150 valence electrons. The van der Waals surface area contributed by atoms with E-state index in [4.69, 9.17) is 9.84 Å². The number of amides is 1. The van der Waals surface area contributed by atoms with Crippen LogP contribution in [0.15, 0.2) is 24.3 Å². The van der Waals surface area contributed by atoms with Crippen LogP contribution in [0.5, 0.6) is 5.75 Å². The molecule has 2 fully saturated rings. The van der Waals surface area contributed by atoms with Crippen LogP contribution >= 0.6 is 0 Å². The van der Waals surface area contributed by atoms with Crippen LogP contribution in [0, 0.1) is 0 Å². The Morgan fingerprint density at radius 3 is 2.30 bits per heavy atom. The van der Waals surface area contributed by atoms with Crippen LogP contribution in [-0.4, -0.2) is 76.3 Å². The normalized spacial score (nSPS) is 22.4. The van der Waals surface area contributed by atoms with Gasteiger partial charge in [0.15, 0.2) is 0 Å². The van der Waals surface area contributed by atoms with E-state index in [-0.39, 0.29) is 6.42 Å². The SMILES string of the molecule is COc1ccc(C2CCN(C(O)CC3(O)CCN(C(=O)O)CC3)CC2)cc1. The Hall–Kier alpha value is -1.83. The van der Waals surface area contributed by atoms with Crippen LogP contribution in [-0.2, 0) is 0 Å². The van der Waals surface area contributed by atoms with Crippen molar-refractivity contribution in [3.63, 3.8) is 0 Å². The number of methoxy groups -OCH3 is 1. The fourth-order valence-electron chi connectivity index (χ4n) is 4.19. The third kappa shape index (κ3) is 4.91. The van der Waals surface area contributed by atoms with Crippen LogP contribution in [0.3, 0.4) is 0 Å². The summed E-state index contributed by atoms with van der Waals surface area (Å²) in [6, 6.07) is 8.17. The topological polar surface area (TPSA) is 93.5 Å². The summed E-state index contributed by atoms with van der Waals surface area (Å²) in [5.74, 6) is 1.33. The van der Waals surface area contributed by atoms with Crippen molar-refractivity contribution in [3.05, 3.63) is 29.8 Å². The first-order chi connectivity index (χ1) is 12.9. The molecule has 0 aliphatic carbocycles. The average molecular weight is 378 g/mol. The molecule has 3 N–H and O–H groups in total. The van der Waals surface area contributed by atoms with E-state index in [9.17, 15) is 15.0 Å². The number of rotatable bonds is 5. The third-order valence-corrected chi connectivity index (χ3v) is 6.07. The molecule has 1 amide bonds. The van der Waals surface area contributed by atoms with Gasteiger partial charge in [0.25, 0.3) is 0 Å². The fourth-order valence-corrected chi connectivity index (χ4v) is 4.19. The minimum Gasteiger partial charge on any atom is -0.497 e. The first-order valence-electron chi connectivity index (χ1n) is 9.66. The molecule has 2 aliphatic heterocycles. The monoisotopic (exact) mass is 378 g/mol. The van der Waals surface area contributed by atoms with Gasteiger partial charge in [0.2, 0.25) is 0 Å². The predicted octanol–water partition coefficient (Wildman–Crippen LogP) is 2.09. The van der Waals surface area contributed by atoms with Crippen molar-refractivity contribution in [1.29, 1.82) is 0 Å². The smallest absolute Gasteiger partial charge is 0.407 e. The van der Waals surface area contributed by atoms with Gasteiger partial charge >= 0.3 is 6.09 Å². The first-order valence-corrected chi connectivity index (χ1v) is 9.66. The molecule has 1 aromatic carbocycles. The molecule has 27 heavy (non-hydrogen) atoms. The van der Waals surface area contributed by atoms with Crippen molar-refractivity contribution in [1.82, 2.24) is 9.80 Å². The highest BCUT2D eigenvalue weighted by Gasteiger charge is 2.37. The molecule has 1 aromatic rings. The lowest BCUT2D eigenvalue weighted by molar-refractivity contribution is -0.0972. The molecule has 2 heterocycles. The molecular weight excluding hydrogens is 348 g/mol. The molecule has 3 rings (SSSR count). The van der Waals surface area contributed by atoms with Crippen molar-refractivity contribution in [2.45, 2.75) is 49.9 Å². The number of carbonyl (C=O) groups is 1. The van der Waals surface area contributed by atoms with Crippen LogP contribution in [0.1, 0.15) is 43.6 Å². The number of likely N-dealkylation sites (tertiary alicyclic amines) is 2. The van der Waals surface area contributed by atoms with E-state index in [1.54, 1.807) is 7.11 Å². The highest BCUT2D eigenvalue weighted by Crippen LogP contribution is 2.32. The number of aliphatic hydroxyl groups excluding tert-OH is 1. The molecule has 2 saturated heterocycles. The van der Waals surface area contributed by atoms with E-state index in [0.717, 1.165) is 31.7 Å². The lowest BCUT2D eigenvalue weighted by Gasteiger charge is -2.41. The number of carboxylic acid groups (broad SMARTS) is 1. The Labute approximate surface area is 160 Å². The second-order valence-corrected chi connectivity index (χ2v) is 7.76. The summed E-state index contributed by atoms with van der Waals surface area (Å²) in [4.78, 5) is 14.3. The van der Waals surface area contributed by atoms with Crippen LogP contribution in [0.2, 0.25) is 0 Å². The van der Waals surface area contributed by atoms with E-state index < -0.39 is 17.9 Å². The van der Waals surface area contributed by atoms with Gasteiger partial charge in [-0.2, -0.15) is 0 Å². The van der Waals surface area contributed by atoms with E-state index in [0.29, 0.717) is 31.8 Å². The zero-order chi connectivity index (χ0) is 19.4. The van der Waals surface area contributed by atoms with Gasteiger partial charge < -0.3 is 25.0 Å². The molecule has 7 nitrogen and oxygen atoms in total. The highest BCUT2D eigenvalue weighted by atomic mass is 16.5. The number of hydrogen-bond acceptors (Lipinski definition) is 5.